The van der Waals surface area contributed by atoms with Crippen LogP contribution in [-0.2, 0) is 0 Å². The molecule has 0 saturated heterocycles. The molecular formula is C23H16BrNO. The van der Waals surface area contributed by atoms with Crippen molar-refractivity contribution in [2.75, 3.05) is 0 Å². The molecular weight excluding hydrogens is 386 g/mol. The van der Waals surface area contributed by atoms with E-state index in [9.17, 15) is 4.79 Å². The summed E-state index contributed by atoms with van der Waals surface area (Å²) in [5, 5.41) is 0. The van der Waals surface area contributed by atoms with Crippen molar-refractivity contribution >= 4 is 15.9 Å². The zero-order chi connectivity index (χ0) is 17.9. The Morgan fingerprint density at radius 3 is 1.85 bits per heavy atom. The number of aromatic nitrogens is 1. The summed E-state index contributed by atoms with van der Waals surface area (Å²) < 4.78 is 1.01. The van der Waals surface area contributed by atoms with E-state index >= 15 is 0 Å². The van der Waals surface area contributed by atoms with Gasteiger partial charge in [0.05, 0.1) is 5.56 Å². The molecule has 26 heavy (non-hydrogen) atoms. The molecule has 3 heteroatoms. The van der Waals surface area contributed by atoms with Gasteiger partial charge in [-0.05, 0) is 40.5 Å². The lowest BCUT2D eigenvalue weighted by molar-refractivity contribution is 1.24. The molecule has 0 fully saturated rings. The standard InChI is InChI=1S/C23H16BrNO/c24-19-13-11-16(12-14-19)20-15-21(17-7-3-1-4-8-17)25-23(26)22(20)18-9-5-2-6-10-18/h1-15H,(H,25,26). The largest absolute Gasteiger partial charge is 0.321 e. The molecule has 0 unspecified atom stereocenters. The van der Waals surface area contributed by atoms with Gasteiger partial charge in [0.25, 0.3) is 5.56 Å². The molecule has 0 bridgehead atoms. The summed E-state index contributed by atoms with van der Waals surface area (Å²) in [6.07, 6.45) is 0. The highest BCUT2D eigenvalue weighted by Gasteiger charge is 2.14. The molecule has 1 N–H and O–H groups in total. The van der Waals surface area contributed by atoms with E-state index in [1.54, 1.807) is 0 Å². The molecule has 4 aromatic rings. The van der Waals surface area contributed by atoms with E-state index in [4.69, 9.17) is 0 Å². The normalized spacial score (nSPS) is 10.7. The van der Waals surface area contributed by atoms with Gasteiger partial charge in [0.1, 0.15) is 0 Å². The topological polar surface area (TPSA) is 32.9 Å². The van der Waals surface area contributed by atoms with Crippen molar-refractivity contribution in [3.63, 3.8) is 0 Å². The maximum absolute atomic E-state index is 13.0. The molecule has 0 saturated carbocycles. The number of nitrogens with one attached hydrogen (secondary N) is 1. The third-order valence-electron chi connectivity index (χ3n) is 4.34. The van der Waals surface area contributed by atoms with E-state index in [2.05, 4.69) is 27.0 Å². The fourth-order valence-corrected chi connectivity index (χ4v) is 3.35. The summed E-state index contributed by atoms with van der Waals surface area (Å²) in [5.41, 5.74) is 5.24. The monoisotopic (exact) mass is 401 g/mol. The summed E-state index contributed by atoms with van der Waals surface area (Å²) in [4.78, 5) is 16.1. The van der Waals surface area contributed by atoms with Gasteiger partial charge in [-0.2, -0.15) is 0 Å². The number of hydrogen-bond acceptors (Lipinski definition) is 1. The Bertz CT molecular complexity index is 1080. The highest BCUT2D eigenvalue weighted by molar-refractivity contribution is 9.10. The fourth-order valence-electron chi connectivity index (χ4n) is 3.08. The van der Waals surface area contributed by atoms with E-state index < -0.39 is 0 Å². The van der Waals surface area contributed by atoms with Crippen LogP contribution in [0.4, 0.5) is 0 Å². The molecule has 1 aromatic heterocycles. The summed E-state index contributed by atoms with van der Waals surface area (Å²) in [7, 11) is 0. The lowest BCUT2D eigenvalue weighted by Gasteiger charge is -2.12. The number of pyridine rings is 1. The molecule has 0 aliphatic rings. The number of hydrogen-bond donors (Lipinski definition) is 1. The fraction of sp³-hybridized carbons (Fsp3) is 0. The highest BCUT2D eigenvalue weighted by atomic mass is 79.9. The van der Waals surface area contributed by atoms with Gasteiger partial charge in [-0.25, -0.2) is 0 Å². The van der Waals surface area contributed by atoms with Crippen LogP contribution in [0.2, 0.25) is 0 Å². The van der Waals surface area contributed by atoms with Crippen LogP contribution in [0.5, 0.6) is 0 Å². The summed E-state index contributed by atoms with van der Waals surface area (Å²) in [5.74, 6) is 0. The summed E-state index contributed by atoms with van der Waals surface area (Å²) in [6.45, 7) is 0. The first kappa shape index (κ1) is 16.6. The molecule has 126 valence electrons. The second kappa shape index (κ2) is 7.14. The van der Waals surface area contributed by atoms with E-state index in [0.29, 0.717) is 5.56 Å². The van der Waals surface area contributed by atoms with E-state index in [-0.39, 0.29) is 5.56 Å². The number of halogens is 1. The zero-order valence-electron chi connectivity index (χ0n) is 13.9. The van der Waals surface area contributed by atoms with Gasteiger partial charge in [0, 0.05) is 10.2 Å². The summed E-state index contributed by atoms with van der Waals surface area (Å²) in [6, 6.07) is 29.8. The van der Waals surface area contributed by atoms with Crippen LogP contribution in [0.15, 0.2) is 100 Å². The van der Waals surface area contributed by atoms with Crippen molar-refractivity contribution in [3.8, 4) is 33.5 Å². The van der Waals surface area contributed by atoms with Crippen LogP contribution in [0.3, 0.4) is 0 Å². The Balaban J connectivity index is 2.00. The number of aromatic amines is 1. The SMILES string of the molecule is O=c1[nH]c(-c2ccccc2)cc(-c2ccc(Br)cc2)c1-c1ccccc1. The Labute approximate surface area is 160 Å². The van der Waals surface area contributed by atoms with Crippen LogP contribution < -0.4 is 5.56 Å². The minimum atomic E-state index is -0.0875. The Morgan fingerprint density at radius 2 is 1.23 bits per heavy atom. The van der Waals surface area contributed by atoms with Crippen LogP contribution in [0.25, 0.3) is 33.5 Å². The molecule has 0 spiro atoms. The van der Waals surface area contributed by atoms with Gasteiger partial charge in [0.15, 0.2) is 0 Å². The Morgan fingerprint density at radius 1 is 0.654 bits per heavy atom. The van der Waals surface area contributed by atoms with E-state index in [1.165, 1.54) is 0 Å². The van der Waals surface area contributed by atoms with E-state index in [1.807, 2.05) is 84.9 Å². The Kier molecular flexibility index (Phi) is 4.55. The molecule has 0 atom stereocenters. The van der Waals surface area contributed by atoms with Crippen LogP contribution in [0.1, 0.15) is 0 Å². The first-order valence-electron chi connectivity index (χ1n) is 8.36. The average Bonchev–Trinajstić information content (AvgIpc) is 2.69. The van der Waals surface area contributed by atoms with Crippen LogP contribution in [-0.4, -0.2) is 4.98 Å². The van der Waals surface area contributed by atoms with Gasteiger partial charge in [0.2, 0.25) is 0 Å². The molecule has 3 aromatic carbocycles. The minimum Gasteiger partial charge on any atom is -0.321 e. The van der Waals surface area contributed by atoms with Crippen molar-refractivity contribution in [1.29, 1.82) is 0 Å². The quantitative estimate of drug-likeness (QED) is 0.439. The Hall–Kier alpha value is -2.91. The molecule has 0 aliphatic carbocycles. The number of H-pyrrole nitrogens is 1. The first-order chi connectivity index (χ1) is 12.7. The maximum atomic E-state index is 13.0. The highest BCUT2D eigenvalue weighted by Crippen LogP contribution is 2.32. The lowest BCUT2D eigenvalue weighted by atomic mass is 9.94. The second-order valence-corrected chi connectivity index (χ2v) is 6.96. The molecule has 2 nitrogen and oxygen atoms in total. The number of benzene rings is 3. The van der Waals surface area contributed by atoms with Gasteiger partial charge < -0.3 is 4.98 Å². The van der Waals surface area contributed by atoms with Crippen molar-refractivity contribution in [2.45, 2.75) is 0 Å². The minimum absolute atomic E-state index is 0.0875. The summed E-state index contributed by atoms with van der Waals surface area (Å²) >= 11 is 3.48. The zero-order valence-corrected chi connectivity index (χ0v) is 15.5. The molecule has 1 heterocycles. The van der Waals surface area contributed by atoms with Crippen molar-refractivity contribution in [1.82, 2.24) is 4.98 Å². The average molecular weight is 402 g/mol. The predicted molar refractivity (Wildman–Crippen MR) is 111 cm³/mol. The van der Waals surface area contributed by atoms with Crippen LogP contribution >= 0.6 is 15.9 Å². The third kappa shape index (κ3) is 3.26. The van der Waals surface area contributed by atoms with E-state index in [0.717, 1.165) is 32.4 Å². The second-order valence-electron chi connectivity index (χ2n) is 6.04. The third-order valence-corrected chi connectivity index (χ3v) is 4.86. The smallest absolute Gasteiger partial charge is 0.256 e. The maximum Gasteiger partial charge on any atom is 0.256 e. The predicted octanol–water partition coefficient (Wildman–Crippen LogP) is 6.14. The molecule has 0 aliphatic heterocycles. The molecule has 4 rings (SSSR count). The number of rotatable bonds is 3. The van der Waals surface area contributed by atoms with Gasteiger partial charge in [-0.15, -0.1) is 0 Å². The first-order valence-corrected chi connectivity index (χ1v) is 9.16. The van der Waals surface area contributed by atoms with Gasteiger partial charge in [-0.3, -0.25) is 4.79 Å². The van der Waals surface area contributed by atoms with Crippen molar-refractivity contribution in [2.24, 2.45) is 0 Å². The van der Waals surface area contributed by atoms with Crippen molar-refractivity contribution in [3.05, 3.63) is 106 Å². The van der Waals surface area contributed by atoms with Crippen LogP contribution in [0, 0.1) is 0 Å². The molecule has 0 amide bonds. The van der Waals surface area contributed by atoms with Crippen molar-refractivity contribution < 1.29 is 0 Å². The molecule has 0 radical (unpaired) electrons. The van der Waals surface area contributed by atoms with Gasteiger partial charge >= 0.3 is 0 Å². The van der Waals surface area contributed by atoms with Gasteiger partial charge in [-0.1, -0.05) is 88.7 Å². The lowest BCUT2D eigenvalue weighted by Crippen LogP contribution is -2.11.